The lowest BCUT2D eigenvalue weighted by Gasteiger charge is -2.12. The van der Waals surface area contributed by atoms with Gasteiger partial charge in [0.2, 0.25) is 0 Å². The summed E-state index contributed by atoms with van der Waals surface area (Å²) in [5, 5.41) is 10.1. The molecule has 0 saturated carbocycles. The van der Waals surface area contributed by atoms with Crippen LogP contribution in [0.1, 0.15) is 16.8 Å². The van der Waals surface area contributed by atoms with Crippen LogP contribution in [0.3, 0.4) is 0 Å². The second kappa shape index (κ2) is 4.56. The van der Waals surface area contributed by atoms with Crippen molar-refractivity contribution >= 4 is 29.0 Å². The van der Waals surface area contributed by atoms with Crippen molar-refractivity contribution in [3.63, 3.8) is 0 Å². The number of benzene rings is 1. The van der Waals surface area contributed by atoms with Gasteiger partial charge in [0.1, 0.15) is 11.9 Å². The maximum Gasteiger partial charge on any atom is 0.126 e. The number of nitrogens with two attached hydrogens (primary N) is 1. The molecule has 0 fully saturated rings. The first-order chi connectivity index (χ1) is 8.49. The molecule has 5 heteroatoms. The van der Waals surface area contributed by atoms with Crippen LogP contribution >= 0.6 is 23.2 Å². The van der Waals surface area contributed by atoms with Gasteiger partial charge in [-0.3, -0.25) is 4.57 Å². The van der Waals surface area contributed by atoms with Gasteiger partial charge in [-0.1, -0.05) is 29.3 Å². The van der Waals surface area contributed by atoms with E-state index in [0.717, 1.165) is 11.3 Å². The summed E-state index contributed by atoms with van der Waals surface area (Å²) in [4.78, 5) is 0. The van der Waals surface area contributed by atoms with E-state index in [-0.39, 0.29) is 0 Å². The smallest absolute Gasteiger partial charge is 0.126 e. The maximum atomic E-state index is 9.11. The van der Waals surface area contributed by atoms with Gasteiger partial charge >= 0.3 is 0 Å². The first kappa shape index (κ1) is 12.8. The van der Waals surface area contributed by atoms with Crippen molar-refractivity contribution < 1.29 is 0 Å². The number of anilines is 1. The fourth-order valence-electron chi connectivity index (χ4n) is 1.97. The summed E-state index contributed by atoms with van der Waals surface area (Å²) in [5.41, 5.74) is 8.78. The van der Waals surface area contributed by atoms with Crippen LogP contribution in [0.4, 0.5) is 5.82 Å². The monoisotopic (exact) mass is 279 g/mol. The van der Waals surface area contributed by atoms with Crippen molar-refractivity contribution in [2.24, 2.45) is 0 Å². The summed E-state index contributed by atoms with van der Waals surface area (Å²) in [6.07, 6.45) is 0. The van der Waals surface area contributed by atoms with Crippen molar-refractivity contribution in [1.29, 1.82) is 5.26 Å². The molecule has 1 aromatic carbocycles. The molecule has 18 heavy (non-hydrogen) atoms. The van der Waals surface area contributed by atoms with Crippen molar-refractivity contribution in [1.82, 2.24) is 4.57 Å². The number of hydrogen-bond donors (Lipinski definition) is 1. The number of nitrogen functional groups attached to an aromatic ring is 1. The largest absolute Gasteiger partial charge is 0.384 e. The Kier molecular flexibility index (Phi) is 3.25. The van der Waals surface area contributed by atoms with Crippen molar-refractivity contribution in [2.45, 2.75) is 13.8 Å². The van der Waals surface area contributed by atoms with Gasteiger partial charge in [-0.25, -0.2) is 0 Å². The second-order valence-electron chi connectivity index (χ2n) is 3.99. The zero-order valence-corrected chi connectivity index (χ0v) is 11.5. The van der Waals surface area contributed by atoms with Crippen LogP contribution in [-0.4, -0.2) is 4.57 Å². The Labute approximate surface area is 115 Å². The molecule has 0 bridgehead atoms. The fourth-order valence-corrected chi connectivity index (χ4v) is 2.53. The summed E-state index contributed by atoms with van der Waals surface area (Å²) in [6, 6.07) is 7.34. The van der Waals surface area contributed by atoms with E-state index in [9.17, 15) is 0 Å². The zero-order chi connectivity index (χ0) is 13.4. The molecule has 0 aliphatic rings. The van der Waals surface area contributed by atoms with Crippen LogP contribution in [0.5, 0.6) is 0 Å². The summed E-state index contributed by atoms with van der Waals surface area (Å²) < 4.78 is 1.72. The molecule has 0 unspecified atom stereocenters. The lowest BCUT2D eigenvalue weighted by atomic mass is 10.2. The van der Waals surface area contributed by atoms with Crippen LogP contribution in [0, 0.1) is 25.2 Å². The normalized spacial score (nSPS) is 10.4. The van der Waals surface area contributed by atoms with E-state index in [1.54, 1.807) is 22.8 Å². The van der Waals surface area contributed by atoms with Crippen LogP contribution in [0.25, 0.3) is 5.69 Å². The highest BCUT2D eigenvalue weighted by molar-refractivity contribution is 6.37. The van der Waals surface area contributed by atoms with Gasteiger partial charge in [-0.05, 0) is 31.5 Å². The van der Waals surface area contributed by atoms with Gasteiger partial charge in [-0.15, -0.1) is 0 Å². The summed E-state index contributed by atoms with van der Waals surface area (Å²) in [5.74, 6) is 0.363. The molecule has 92 valence electrons. The van der Waals surface area contributed by atoms with E-state index in [1.165, 1.54) is 0 Å². The van der Waals surface area contributed by atoms with Crippen LogP contribution < -0.4 is 5.73 Å². The molecular formula is C13H11Cl2N3. The third-order valence-electron chi connectivity index (χ3n) is 3.02. The lowest BCUT2D eigenvalue weighted by Crippen LogP contribution is -2.04. The molecule has 0 radical (unpaired) electrons. The summed E-state index contributed by atoms with van der Waals surface area (Å²) >= 11 is 12.3. The molecular weight excluding hydrogens is 269 g/mol. The first-order valence-electron chi connectivity index (χ1n) is 5.31. The number of nitriles is 1. The molecule has 0 atom stereocenters. The van der Waals surface area contributed by atoms with Gasteiger partial charge in [0.05, 0.1) is 21.3 Å². The van der Waals surface area contributed by atoms with E-state index in [2.05, 4.69) is 6.07 Å². The predicted molar refractivity (Wildman–Crippen MR) is 74.4 cm³/mol. The number of nitrogens with zero attached hydrogens (tertiary/aromatic N) is 2. The molecule has 1 aromatic heterocycles. The van der Waals surface area contributed by atoms with Crippen LogP contribution in [-0.2, 0) is 0 Å². The number of para-hydroxylation sites is 1. The third kappa shape index (κ3) is 1.74. The Morgan fingerprint density at radius 3 is 2.22 bits per heavy atom. The highest BCUT2D eigenvalue weighted by Crippen LogP contribution is 2.35. The van der Waals surface area contributed by atoms with Crippen LogP contribution in [0.2, 0.25) is 10.0 Å². The Bertz CT molecular complexity index is 646. The average Bonchev–Trinajstić information content (AvgIpc) is 2.53. The minimum Gasteiger partial charge on any atom is -0.384 e. The molecule has 3 nitrogen and oxygen atoms in total. The molecule has 0 aliphatic carbocycles. The Morgan fingerprint density at radius 2 is 1.78 bits per heavy atom. The molecule has 0 saturated heterocycles. The standard InChI is InChI=1S/C13H11Cl2N3/c1-7-8(2)18(13(17)9(7)6-16)12-10(14)4-3-5-11(12)15/h3-5H,17H2,1-2H3. The SMILES string of the molecule is Cc1c(C#N)c(N)n(-c2c(Cl)cccc2Cl)c1C. The highest BCUT2D eigenvalue weighted by Gasteiger charge is 2.19. The van der Waals surface area contributed by atoms with Gasteiger partial charge < -0.3 is 5.73 Å². The number of aromatic nitrogens is 1. The quantitative estimate of drug-likeness (QED) is 0.862. The topological polar surface area (TPSA) is 54.7 Å². The molecule has 2 aromatic rings. The van der Waals surface area contributed by atoms with E-state index in [1.807, 2.05) is 13.8 Å². The van der Waals surface area contributed by atoms with E-state index in [4.69, 9.17) is 34.2 Å². The number of hydrogen-bond acceptors (Lipinski definition) is 2. The molecule has 0 aliphatic heterocycles. The minimum absolute atomic E-state index is 0.363. The third-order valence-corrected chi connectivity index (χ3v) is 3.63. The zero-order valence-electron chi connectivity index (χ0n) is 9.96. The first-order valence-corrected chi connectivity index (χ1v) is 6.06. The highest BCUT2D eigenvalue weighted by atomic mass is 35.5. The fraction of sp³-hybridized carbons (Fsp3) is 0.154. The van der Waals surface area contributed by atoms with E-state index < -0.39 is 0 Å². The van der Waals surface area contributed by atoms with Crippen molar-refractivity contribution in [2.75, 3.05) is 5.73 Å². The van der Waals surface area contributed by atoms with Gasteiger partial charge in [0.15, 0.2) is 0 Å². The number of rotatable bonds is 1. The second-order valence-corrected chi connectivity index (χ2v) is 4.80. The Morgan fingerprint density at radius 1 is 1.22 bits per heavy atom. The molecule has 2 N–H and O–H groups in total. The lowest BCUT2D eigenvalue weighted by molar-refractivity contribution is 1.02. The number of halogens is 2. The predicted octanol–water partition coefficient (Wildman–Crippen LogP) is 3.85. The van der Waals surface area contributed by atoms with Gasteiger partial charge in [0.25, 0.3) is 0 Å². The summed E-state index contributed by atoms with van der Waals surface area (Å²) in [7, 11) is 0. The minimum atomic E-state index is 0.363. The van der Waals surface area contributed by atoms with Gasteiger partial charge in [-0.2, -0.15) is 5.26 Å². The van der Waals surface area contributed by atoms with E-state index in [0.29, 0.717) is 27.1 Å². The molecule has 2 rings (SSSR count). The van der Waals surface area contributed by atoms with Gasteiger partial charge in [0, 0.05) is 5.69 Å². The van der Waals surface area contributed by atoms with Crippen molar-refractivity contribution in [3.8, 4) is 11.8 Å². The average molecular weight is 280 g/mol. The Balaban J connectivity index is 2.86. The van der Waals surface area contributed by atoms with Crippen molar-refractivity contribution in [3.05, 3.63) is 45.1 Å². The maximum absolute atomic E-state index is 9.11. The molecule has 0 spiro atoms. The molecule has 0 amide bonds. The van der Waals surface area contributed by atoms with Crippen LogP contribution in [0.15, 0.2) is 18.2 Å². The van der Waals surface area contributed by atoms with E-state index >= 15 is 0 Å². The Hall–Kier alpha value is -1.63. The summed E-state index contributed by atoms with van der Waals surface area (Å²) in [6.45, 7) is 3.73. The molecule has 1 heterocycles.